The van der Waals surface area contributed by atoms with Crippen LogP contribution in [0.15, 0.2) is 41.0 Å². The number of furan rings is 1. The number of hydrogen-bond acceptors (Lipinski definition) is 4. The molecule has 0 spiro atoms. The van der Waals surface area contributed by atoms with E-state index in [9.17, 15) is 15.0 Å². The topological polar surface area (TPSA) is 82.7 Å². The van der Waals surface area contributed by atoms with Gasteiger partial charge in [-0.3, -0.25) is 4.79 Å². The molecule has 0 radical (unpaired) electrons. The molecule has 1 amide bonds. The quantitative estimate of drug-likeness (QED) is 0.703. The van der Waals surface area contributed by atoms with Gasteiger partial charge >= 0.3 is 0 Å². The average molecular weight is 233 g/mol. The van der Waals surface area contributed by atoms with Crippen LogP contribution in [-0.2, 0) is 6.54 Å². The van der Waals surface area contributed by atoms with E-state index in [0.29, 0.717) is 5.76 Å². The maximum absolute atomic E-state index is 11.7. The van der Waals surface area contributed by atoms with Crippen LogP contribution >= 0.6 is 0 Å². The molecule has 2 aromatic rings. The lowest BCUT2D eigenvalue weighted by atomic mass is 10.1. The predicted molar refractivity (Wildman–Crippen MR) is 59.6 cm³/mol. The molecule has 88 valence electrons. The predicted octanol–water partition coefficient (Wildman–Crippen LogP) is 1.62. The smallest absolute Gasteiger partial charge is 0.255 e. The van der Waals surface area contributed by atoms with E-state index < -0.39 is 11.7 Å². The van der Waals surface area contributed by atoms with E-state index in [1.165, 1.54) is 24.5 Å². The van der Waals surface area contributed by atoms with Gasteiger partial charge in [-0.1, -0.05) is 6.07 Å². The summed E-state index contributed by atoms with van der Waals surface area (Å²) < 4.78 is 5.05. The first kappa shape index (κ1) is 11.1. The fraction of sp³-hybridized carbons (Fsp3) is 0.0833. The summed E-state index contributed by atoms with van der Waals surface area (Å²) in [4.78, 5) is 11.7. The minimum absolute atomic E-state index is 0.0246. The van der Waals surface area contributed by atoms with Crippen LogP contribution < -0.4 is 5.32 Å². The molecule has 0 saturated carbocycles. The van der Waals surface area contributed by atoms with Crippen molar-refractivity contribution >= 4 is 5.91 Å². The first-order valence-electron chi connectivity index (χ1n) is 5.00. The van der Waals surface area contributed by atoms with Gasteiger partial charge in [0.1, 0.15) is 5.76 Å². The second kappa shape index (κ2) is 4.61. The number of rotatable bonds is 3. The zero-order valence-corrected chi connectivity index (χ0v) is 8.88. The SMILES string of the molecule is O=C(NCc1ccco1)c1cccc(O)c1O. The molecule has 3 N–H and O–H groups in total. The molecule has 1 aromatic heterocycles. The number of hydrogen-bond donors (Lipinski definition) is 3. The Morgan fingerprint density at radius 1 is 1.24 bits per heavy atom. The third-order valence-corrected chi connectivity index (χ3v) is 2.26. The molecule has 0 aliphatic carbocycles. The zero-order valence-electron chi connectivity index (χ0n) is 8.88. The van der Waals surface area contributed by atoms with Crippen molar-refractivity contribution in [2.75, 3.05) is 0 Å². The molecule has 0 saturated heterocycles. The number of amides is 1. The highest BCUT2D eigenvalue weighted by Crippen LogP contribution is 2.27. The van der Waals surface area contributed by atoms with Crippen LogP contribution in [-0.4, -0.2) is 16.1 Å². The van der Waals surface area contributed by atoms with Crippen molar-refractivity contribution in [2.24, 2.45) is 0 Å². The van der Waals surface area contributed by atoms with Gasteiger partial charge in [0.25, 0.3) is 5.91 Å². The number of phenolic OH excluding ortho intramolecular Hbond substituents is 2. The van der Waals surface area contributed by atoms with E-state index in [1.807, 2.05) is 0 Å². The Balaban J connectivity index is 2.07. The number of para-hydroxylation sites is 1. The Hall–Kier alpha value is -2.43. The van der Waals surface area contributed by atoms with Crippen LogP contribution in [0.1, 0.15) is 16.1 Å². The normalized spacial score (nSPS) is 10.1. The monoisotopic (exact) mass is 233 g/mol. The van der Waals surface area contributed by atoms with Crippen molar-refractivity contribution in [1.82, 2.24) is 5.32 Å². The van der Waals surface area contributed by atoms with Crippen molar-refractivity contribution in [3.05, 3.63) is 47.9 Å². The Kier molecular flexibility index (Phi) is 3.00. The van der Waals surface area contributed by atoms with E-state index in [1.54, 1.807) is 12.1 Å². The van der Waals surface area contributed by atoms with Crippen molar-refractivity contribution in [2.45, 2.75) is 6.54 Å². The van der Waals surface area contributed by atoms with E-state index in [2.05, 4.69) is 5.32 Å². The minimum atomic E-state index is -0.477. The Bertz CT molecular complexity index is 519. The highest BCUT2D eigenvalue weighted by Gasteiger charge is 2.13. The van der Waals surface area contributed by atoms with Gasteiger partial charge in [-0.05, 0) is 24.3 Å². The van der Waals surface area contributed by atoms with Gasteiger partial charge in [0.2, 0.25) is 0 Å². The molecule has 0 bridgehead atoms. The zero-order chi connectivity index (χ0) is 12.3. The van der Waals surface area contributed by atoms with Crippen molar-refractivity contribution < 1.29 is 19.4 Å². The third kappa shape index (κ3) is 2.39. The lowest BCUT2D eigenvalue weighted by Crippen LogP contribution is -2.22. The summed E-state index contributed by atoms with van der Waals surface area (Å²) in [5.41, 5.74) is 0.0246. The molecule has 0 aliphatic heterocycles. The van der Waals surface area contributed by atoms with Gasteiger partial charge in [0, 0.05) is 0 Å². The minimum Gasteiger partial charge on any atom is -0.504 e. The summed E-state index contributed by atoms with van der Waals surface area (Å²) >= 11 is 0. The Morgan fingerprint density at radius 3 is 2.76 bits per heavy atom. The maximum Gasteiger partial charge on any atom is 0.255 e. The van der Waals surface area contributed by atoms with Crippen molar-refractivity contribution in [3.63, 3.8) is 0 Å². The van der Waals surface area contributed by atoms with Crippen molar-refractivity contribution in [3.8, 4) is 11.5 Å². The van der Waals surface area contributed by atoms with Crippen LogP contribution in [0.2, 0.25) is 0 Å². The molecule has 0 aliphatic rings. The number of carbonyl (C=O) groups is 1. The average Bonchev–Trinajstić information content (AvgIpc) is 2.82. The third-order valence-electron chi connectivity index (χ3n) is 2.26. The van der Waals surface area contributed by atoms with Crippen LogP contribution in [0.3, 0.4) is 0 Å². The summed E-state index contributed by atoms with van der Waals surface area (Å²) in [6.45, 7) is 0.223. The van der Waals surface area contributed by atoms with Crippen LogP contribution in [0.25, 0.3) is 0 Å². The Morgan fingerprint density at radius 2 is 2.06 bits per heavy atom. The molecular formula is C12H11NO4. The highest BCUT2D eigenvalue weighted by molar-refractivity contribution is 5.97. The number of aromatic hydroxyl groups is 2. The van der Waals surface area contributed by atoms with Gasteiger partial charge in [-0.15, -0.1) is 0 Å². The van der Waals surface area contributed by atoms with Gasteiger partial charge in [-0.25, -0.2) is 0 Å². The molecule has 5 heteroatoms. The van der Waals surface area contributed by atoms with Gasteiger partial charge in [0.05, 0.1) is 18.4 Å². The van der Waals surface area contributed by atoms with Crippen LogP contribution in [0.4, 0.5) is 0 Å². The maximum atomic E-state index is 11.7. The van der Waals surface area contributed by atoms with E-state index in [4.69, 9.17) is 4.42 Å². The first-order valence-corrected chi connectivity index (χ1v) is 5.00. The lowest BCUT2D eigenvalue weighted by molar-refractivity contribution is 0.0944. The number of nitrogens with one attached hydrogen (secondary N) is 1. The van der Waals surface area contributed by atoms with E-state index in [0.717, 1.165) is 0 Å². The Labute approximate surface area is 97.3 Å². The van der Waals surface area contributed by atoms with Crippen LogP contribution in [0.5, 0.6) is 11.5 Å². The molecule has 0 unspecified atom stereocenters. The standard InChI is InChI=1S/C12H11NO4/c14-10-5-1-4-9(11(10)15)12(16)13-7-8-3-2-6-17-8/h1-6,14-15H,7H2,(H,13,16). The summed E-state index contributed by atoms with van der Waals surface area (Å²) in [5, 5.41) is 21.3. The fourth-order valence-electron chi connectivity index (χ4n) is 1.39. The lowest BCUT2D eigenvalue weighted by Gasteiger charge is -2.06. The summed E-state index contributed by atoms with van der Waals surface area (Å²) in [5.74, 6) is -0.618. The summed E-state index contributed by atoms with van der Waals surface area (Å²) in [7, 11) is 0. The summed E-state index contributed by atoms with van der Waals surface area (Å²) in [6, 6.07) is 7.65. The first-order chi connectivity index (χ1) is 8.18. The molecule has 2 rings (SSSR count). The van der Waals surface area contributed by atoms with Crippen molar-refractivity contribution in [1.29, 1.82) is 0 Å². The second-order valence-electron chi connectivity index (χ2n) is 3.44. The van der Waals surface area contributed by atoms with E-state index >= 15 is 0 Å². The van der Waals surface area contributed by atoms with Crippen LogP contribution in [0, 0.1) is 0 Å². The van der Waals surface area contributed by atoms with Gasteiger partial charge in [0.15, 0.2) is 11.5 Å². The van der Waals surface area contributed by atoms with E-state index in [-0.39, 0.29) is 17.9 Å². The molecule has 5 nitrogen and oxygen atoms in total. The molecular weight excluding hydrogens is 222 g/mol. The fourth-order valence-corrected chi connectivity index (χ4v) is 1.39. The second-order valence-corrected chi connectivity index (χ2v) is 3.44. The largest absolute Gasteiger partial charge is 0.504 e. The molecule has 17 heavy (non-hydrogen) atoms. The number of benzene rings is 1. The molecule has 0 fully saturated rings. The highest BCUT2D eigenvalue weighted by atomic mass is 16.3. The molecule has 1 aromatic carbocycles. The summed E-state index contributed by atoms with van der Waals surface area (Å²) in [6.07, 6.45) is 1.51. The molecule has 1 heterocycles. The molecule has 0 atom stereocenters. The van der Waals surface area contributed by atoms with Gasteiger partial charge < -0.3 is 19.9 Å². The number of phenols is 2. The number of carbonyl (C=O) groups excluding carboxylic acids is 1. The van der Waals surface area contributed by atoms with Gasteiger partial charge in [-0.2, -0.15) is 0 Å².